The topological polar surface area (TPSA) is 79.0 Å². The third kappa shape index (κ3) is 3.11. The highest BCUT2D eigenvalue weighted by Gasteiger charge is 2.20. The number of sulfonamides is 1. The maximum absolute atomic E-state index is 13.4. The van der Waals surface area contributed by atoms with Crippen LogP contribution < -0.4 is 9.60 Å². The molecule has 1 aromatic carbocycles. The molecule has 1 heterocycles. The molecule has 0 spiro atoms. The quantitative estimate of drug-likeness (QED) is 0.896. The van der Waals surface area contributed by atoms with E-state index < -0.39 is 33.1 Å². The van der Waals surface area contributed by atoms with Crippen molar-refractivity contribution in [1.29, 1.82) is 0 Å². The number of halogens is 2. The van der Waals surface area contributed by atoms with E-state index in [1.807, 2.05) is 0 Å². The van der Waals surface area contributed by atoms with Crippen molar-refractivity contribution in [2.45, 2.75) is 17.7 Å². The molecule has 0 aliphatic rings. The Hall–Kier alpha value is -1.58. The number of aryl methyl sites for hydroxylation is 1. The maximum atomic E-state index is 13.4. The van der Waals surface area contributed by atoms with Crippen molar-refractivity contribution < 1.29 is 17.2 Å². The Balaban J connectivity index is 2.24. The first-order valence-electron chi connectivity index (χ1n) is 5.43. The second-order valence-electron chi connectivity index (χ2n) is 3.99. The van der Waals surface area contributed by atoms with Gasteiger partial charge in [0.05, 0.1) is 0 Å². The lowest BCUT2D eigenvalue weighted by atomic mass is 10.2. The van der Waals surface area contributed by atoms with Crippen LogP contribution in [0.2, 0.25) is 0 Å². The molecule has 0 atom stereocenters. The molecule has 108 valence electrons. The fourth-order valence-corrected chi connectivity index (χ4v) is 3.91. The van der Waals surface area contributed by atoms with Crippen LogP contribution in [-0.4, -0.2) is 13.4 Å². The molecule has 0 unspecified atom stereocenters. The number of aromatic amines is 1. The van der Waals surface area contributed by atoms with Crippen molar-refractivity contribution >= 4 is 21.4 Å². The van der Waals surface area contributed by atoms with Gasteiger partial charge in [-0.25, -0.2) is 21.9 Å². The summed E-state index contributed by atoms with van der Waals surface area (Å²) < 4.78 is 52.2. The monoisotopic (exact) mass is 320 g/mol. The van der Waals surface area contributed by atoms with Crippen LogP contribution in [0.25, 0.3) is 0 Å². The zero-order chi connectivity index (χ0) is 14.9. The number of hydrogen-bond donors (Lipinski definition) is 2. The van der Waals surface area contributed by atoms with Gasteiger partial charge in [0, 0.05) is 17.8 Å². The summed E-state index contributed by atoms with van der Waals surface area (Å²) in [5, 5.41) is 0. The summed E-state index contributed by atoms with van der Waals surface area (Å²) in [4.78, 5) is 12.9. The Bertz CT molecular complexity index is 796. The van der Waals surface area contributed by atoms with Crippen LogP contribution in [0.4, 0.5) is 8.78 Å². The van der Waals surface area contributed by atoms with Gasteiger partial charge < -0.3 is 4.98 Å². The largest absolute Gasteiger partial charge is 0.315 e. The van der Waals surface area contributed by atoms with Gasteiger partial charge in [0.2, 0.25) is 0 Å². The molecule has 0 bridgehead atoms. The van der Waals surface area contributed by atoms with Crippen LogP contribution >= 0.6 is 11.3 Å². The van der Waals surface area contributed by atoms with E-state index in [1.54, 1.807) is 0 Å². The van der Waals surface area contributed by atoms with Crippen molar-refractivity contribution in [3.63, 3.8) is 0 Å². The second-order valence-corrected chi connectivity index (χ2v) is 6.93. The van der Waals surface area contributed by atoms with E-state index in [0.29, 0.717) is 11.3 Å². The van der Waals surface area contributed by atoms with E-state index in [-0.39, 0.29) is 15.5 Å². The van der Waals surface area contributed by atoms with Gasteiger partial charge in [-0.05, 0) is 25.1 Å². The highest BCUT2D eigenvalue weighted by atomic mass is 32.2. The first kappa shape index (κ1) is 14.8. The van der Waals surface area contributed by atoms with Crippen LogP contribution in [0, 0.1) is 18.6 Å². The molecule has 1 aromatic heterocycles. The molecular formula is C11H10F2N2O3S2. The van der Waals surface area contributed by atoms with Crippen LogP contribution in [0.5, 0.6) is 0 Å². The third-order valence-electron chi connectivity index (χ3n) is 2.49. The van der Waals surface area contributed by atoms with Crippen LogP contribution in [0.3, 0.4) is 0 Å². The molecule has 2 rings (SSSR count). The first-order chi connectivity index (χ1) is 9.29. The fraction of sp³-hybridized carbons (Fsp3) is 0.182. The average Bonchev–Trinajstić information content (AvgIpc) is 2.70. The number of hydrogen-bond acceptors (Lipinski definition) is 4. The minimum absolute atomic E-state index is 0.117. The Morgan fingerprint density at radius 2 is 2.05 bits per heavy atom. The summed E-state index contributed by atoms with van der Waals surface area (Å²) in [5.41, 5.74) is 0.0846. The van der Waals surface area contributed by atoms with Gasteiger partial charge in [-0.15, -0.1) is 0 Å². The predicted octanol–water partition coefficient (Wildman–Crippen LogP) is 1.50. The summed E-state index contributed by atoms with van der Waals surface area (Å²) in [6.45, 7) is 1.03. The van der Waals surface area contributed by atoms with Gasteiger partial charge >= 0.3 is 4.87 Å². The molecule has 5 nitrogen and oxygen atoms in total. The van der Waals surface area contributed by atoms with E-state index in [9.17, 15) is 22.0 Å². The van der Waals surface area contributed by atoms with E-state index in [0.717, 1.165) is 18.2 Å². The molecule has 2 aromatic rings. The number of thiazole rings is 1. The number of nitrogens with one attached hydrogen (secondary N) is 2. The van der Waals surface area contributed by atoms with Gasteiger partial charge in [-0.3, -0.25) is 4.79 Å². The minimum Gasteiger partial charge on any atom is -0.315 e. The summed E-state index contributed by atoms with van der Waals surface area (Å²) in [5.74, 6) is -1.38. The van der Waals surface area contributed by atoms with Crippen LogP contribution in [-0.2, 0) is 16.6 Å². The lowest BCUT2D eigenvalue weighted by Crippen LogP contribution is -2.23. The SMILES string of the molecule is Cc1[nH]c(=O)sc1S(=O)(=O)NCc1cc(F)ccc1F. The third-order valence-corrected chi connectivity index (χ3v) is 5.49. The van der Waals surface area contributed by atoms with Gasteiger partial charge in [0.25, 0.3) is 10.0 Å². The average molecular weight is 320 g/mol. The van der Waals surface area contributed by atoms with Crippen molar-refractivity contribution in [3.05, 3.63) is 50.8 Å². The number of rotatable bonds is 4. The normalized spacial score (nSPS) is 11.8. The molecular weight excluding hydrogens is 310 g/mol. The number of aromatic nitrogens is 1. The zero-order valence-electron chi connectivity index (χ0n) is 10.2. The van der Waals surface area contributed by atoms with Gasteiger partial charge in [-0.1, -0.05) is 11.3 Å². The van der Waals surface area contributed by atoms with E-state index in [2.05, 4.69) is 9.71 Å². The Labute approximate surface area is 117 Å². The molecule has 0 amide bonds. The van der Waals surface area contributed by atoms with E-state index >= 15 is 0 Å². The number of H-pyrrole nitrogens is 1. The van der Waals surface area contributed by atoms with Crippen molar-refractivity contribution in [2.24, 2.45) is 0 Å². The first-order valence-corrected chi connectivity index (χ1v) is 7.73. The predicted molar refractivity (Wildman–Crippen MR) is 70.1 cm³/mol. The van der Waals surface area contributed by atoms with Crippen LogP contribution in [0.1, 0.15) is 11.3 Å². The standard InChI is InChI=1S/C11H10F2N2O3S2/c1-6-10(19-11(16)15-6)20(17,18)14-5-7-4-8(12)2-3-9(7)13/h2-4,14H,5H2,1H3,(H,15,16). The summed E-state index contributed by atoms with van der Waals surface area (Å²) in [6, 6.07) is 2.76. The molecule has 0 aliphatic heterocycles. The smallest absolute Gasteiger partial charge is 0.305 e. The summed E-state index contributed by atoms with van der Waals surface area (Å²) in [6.07, 6.45) is 0. The molecule has 0 saturated carbocycles. The molecule has 0 radical (unpaired) electrons. The highest BCUT2D eigenvalue weighted by molar-refractivity contribution is 7.91. The van der Waals surface area contributed by atoms with E-state index in [4.69, 9.17) is 0 Å². The second kappa shape index (κ2) is 5.43. The molecule has 0 aliphatic carbocycles. The lowest BCUT2D eigenvalue weighted by Gasteiger charge is -2.06. The molecule has 9 heteroatoms. The van der Waals surface area contributed by atoms with Crippen LogP contribution in [0.15, 0.2) is 27.2 Å². The van der Waals surface area contributed by atoms with Crippen molar-refractivity contribution in [2.75, 3.05) is 0 Å². The van der Waals surface area contributed by atoms with E-state index in [1.165, 1.54) is 6.92 Å². The maximum Gasteiger partial charge on any atom is 0.305 e. The van der Waals surface area contributed by atoms with Gasteiger partial charge in [-0.2, -0.15) is 0 Å². The Kier molecular flexibility index (Phi) is 4.02. The summed E-state index contributed by atoms with van der Waals surface area (Å²) in [7, 11) is -3.95. The molecule has 0 fully saturated rings. The Morgan fingerprint density at radius 3 is 2.65 bits per heavy atom. The fourth-order valence-electron chi connectivity index (χ4n) is 1.56. The van der Waals surface area contributed by atoms with Gasteiger partial charge in [0.1, 0.15) is 11.6 Å². The van der Waals surface area contributed by atoms with Crippen molar-refractivity contribution in [3.8, 4) is 0 Å². The lowest BCUT2D eigenvalue weighted by molar-refractivity contribution is 0.567. The summed E-state index contributed by atoms with van der Waals surface area (Å²) >= 11 is 0.534. The minimum atomic E-state index is -3.95. The molecule has 2 N–H and O–H groups in total. The Morgan fingerprint density at radius 1 is 1.35 bits per heavy atom. The van der Waals surface area contributed by atoms with Crippen molar-refractivity contribution in [1.82, 2.24) is 9.71 Å². The molecule has 0 saturated heterocycles. The van der Waals surface area contributed by atoms with Gasteiger partial charge in [0.15, 0.2) is 4.21 Å². The zero-order valence-corrected chi connectivity index (χ0v) is 11.9. The molecule has 20 heavy (non-hydrogen) atoms. The highest BCUT2D eigenvalue weighted by Crippen LogP contribution is 2.17. The number of benzene rings is 1.